The first kappa shape index (κ1) is 21.6. The highest BCUT2D eigenvalue weighted by Crippen LogP contribution is 2.29. The van der Waals surface area contributed by atoms with Crippen LogP contribution in [0, 0.1) is 24.0 Å². The summed E-state index contributed by atoms with van der Waals surface area (Å²) in [4.78, 5) is 37.5. The second-order valence-corrected chi connectivity index (χ2v) is 7.62. The zero-order valence-electron chi connectivity index (χ0n) is 16.7. The number of carbonyl (C=O) groups excluding carboxylic acids is 2. The predicted octanol–water partition coefficient (Wildman–Crippen LogP) is 4.26. The second-order valence-electron chi connectivity index (χ2n) is 7.22. The molecule has 2 aromatic rings. The molecule has 1 saturated heterocycles. The summed E-state index contributed by atoms with van der Waals surface area (Å²) in [7, 11) is 0. The third kappa shape index (κ3) is 4.88. The Morgan fingerprint density at radius 2 is 1.90 bits per heavy atom. The Labute approximate surface area is 178 Å². The van der Waals surface area contributed by atoms with Crippen LogP contribution < -0.4 is 10.2 Å². The number of non-ortho nitro benzene ring substituents is 1. The number of benzene rings is 2. The third-order valence-electron chi connectivity index (χ3n) is 4.89. The number of rotatable bonds is 6. The molecule has 0 spiro atoms. The smallest absolute Gasteiger partial charge is 0.341 e. The summed E-state index contributed by atoms with van der Waals surface area (Å²) in [5.74, 6) is -1.34. The molecule has 9 heteroatoms. The summed E-state index contributed by atoms with van der Waals surface area (Å²) in [6.45, 7) is 4.67. The average Bonchev–Trinajstić information content (AvgIpc) is 3.23. The van der Waals surface area contributed by atoms with Gasteiger partial charge in [0.1, 0.15) is 0 Å². The maximum absolute atomic E-state index is 12.7. The highest BCUT2D eigenvalue weighted by Gasteiger charge is 2.24. The first-order valence-corrected chi connectivity index (χ1v) is 9.91. The minimum absolute atomic E-state index is 0.0726. The van der Waals surface area contributed by atoms with E-state index in [4.69, 9.17) is 16.3 Å². The van der Waals surface area contributed by atoms with Crippen molar-refractivity contribution in [3.05, 3.63) is 62.2 Å². The molecule has 0 unspecified atom stereocenters. The highest BCUT2D eigenvalue weighted by molar-refractivity contribution is 6.34. The molecule has 1 aliphatic heterocycles. The predicted molar refractivity (Wildman–Crippen MR) is 114 cm³/mol. The Kier molecular flexibility index (Phi) is 6.56. The molecule has 1 fully saturated rings. The summed E-state index contributed by atoms with van der Waals surface area (Å²) in [6.07, 6.45) is 1.95. The number of anilines is 2. The molecular formula is C21H22ClN3O5. The molecule has 1 amide bonds. The normalized spacial score (nSPS) is 13.2. The maximum Gasteiger partial charge on any atom is 0.341 e. The first-order chi connectivity index (χ1) is 14.3. The molecule has 1 N–H and O–H groups in total. The molecule has 8 nitrogen and oxygen atoms in total. The summed E-state index contributed by atoms with van der Waals surface area (Å²) >= 11 is 6.19. The number of halogens is 1. The van der Waals surface area contributed by atoms with E-state index in [9.17, 15) is 19.7 Å². The van der Waals surface area contributed by atoms with Crippen LogP contribution in [-0.4, -0.2) is 36.5 Å². The number of hydrogen-bond acceptors (Lipinski definition) is 6. The summed E-state index contributed by atoms with van der Waals surface area (Å²) < 4.78 is 5.16. The Hall–Kier alpha value is -3.13. The molecule has 0 atom stereocenters. The minimum Gasteiger partial charge on any atom is -0.452 e. The zero-order valence-corrected chi connectivity index (χ0v) is 17.5. The number of nitrogens with zero attached hydrogens (tertiary/aromatic N) is 2. The Morgan fingerprint density at radius 1 is 1.20 bits per heavy atom. The maximum atomic E-state index is 12.7. The number of nitrogens with one attached hydrogen (secondary N) is 1. The van der Waals surface area contributed by atoms with Crippen LogP contribution in [0.4, 0.5) is 17.1 Å². The highest BCUT2D eigenvalue weighted by atomic mass is 35.5. The Morgan fingerprint density at radius 3 is 2.53 bits per heavy atom. The Bertz CT molecular complexity index is 979. The van der Waals surface area contributed by atoms with Gasteiger partial charge < -0.3 is 15.0 Å². The molecule has 1 heterocycles. The molecule has 30 heavy (non-hydrogen) atoms. The number of hydrogen-bond donors (Lipinski definition) is 1. The van der Waals surface area contributed by atoms with E-state index in [1.54, 1.807) is 12.1 Å². The van der Waals surface area contributed by atoms with Crippen LogP contribution in [0.5, 0.6) is 0 Å². The van der Waals surface area contributed by atoms with Crippen LogP contribution in [-0.2, 0) is 9.53 Å². The first-order valence-electron chi connectivity index (χ1n) is 9.53. The van der Waals surface area contributed by atoms with E-state index in [1.807, 2.05) is 24.8 Å². The average molecular weight is 432 g/mol. The van der Waals surface area contributed by atoms with Gasteiger partial charge in [-0.1, -0.05) is 17.7 Å². The van der Waals surface area contributed by atoms with Gasteiger partial charge >= 0.3 is 5.97 Å². The molecule has 0 radical (unpaired) electrons. The number of amides is 1. The van der Waals surface area contributed by atoms with Gasteiger partial charge in [-0.3, -0.25) is 14.9 Å². The number of nitro benzene ring substituents is 1. The van der Waals surface area contributed by atoms with E-state index >= 15 is 0 Å². The molecule has 0 bridgehead atoms. The number of esters is 1. The fourth-order valence-corrected chi connectivity index (χ4v) is 3.86. The number of ether oxygens (including phenoxy) is 1. The Balaban J connectivity index is 1.73. The van der Waals surface area contributed by atoms with Gasteiger partial charge in [0.15, 0.2) is 6.61 Å². The van der Waals surface area contributed by atoms with Crippen LogP contribution in [0.2, 0.25) is 5.02 Å². The van der Waals surface area contributed by atoms with Crippen LogP contribution in [0.3, 0.4) is 0 Å². The third-order valence-corrected chi connectivity index (χ3v) is 5.19. The SMILES string of the molecule is Cc1cc(C)c(NC(=O)COC(=O)c2cc([N+](=O)[O-])ccc2N2CCCC2)c(Cl)c1. The zero-order chi connectivity index (χ0) is 21.8. The second kappa shape index (κ2) is 9.13. The molecule has 2 aromatic carbocycles. The van der Waals surface area contributed by atoms with Crippen molar-refractivity contribution in [2.45, 2.75) is 26.7 Å². The lowest BCUT2D eigenvalue weighted by Crippen LogP contribution is -2.24. The lowest BCUT2D eigenvalue weighted by atomic mass is 10.1. The van der Waals surface area contributed by atoms with Crippen molar-refractivity contribution in [1.29, 1.82) is 0 Å². The van der Waals surface area contributed by atoms with Crippen molar-refractivity contribution < 1.29 is 19.2 Å². The monoisotopic (exact) mass is 431 g/mol. The molecular weight excluding hydrogens is 410 g/mol. The van der Waals surface area contributed by atoms with E-state index in [0.717, 1.165) is 37.1 Å². The lowest BCUT2D eigenvalue weighted by molar-refractivity contribution is -0.384. The summed E-state index contributed by atoms with van der Waals surface area (Å²) in [6, 6.07) is 7.70. The van der Waals surface area contributed by atoms with Gasteiger partial charge in [-0.15, -0.1) is 0 Å². The number of carbonyl (C=O) groups is 2. The quantitative estimate of drug-likeness (QED) is 0.416. The van der Waals surface area contributed by atoms with Crippen molar-refractivity contribution in [1.82, 2.24) is 0 Å². The van der Waals surface area contributed by atoms with Gasteiger partial charge in [-0.2, -0.15) is 0 Å². The van der Waals surface area contributed by atoms with Crippen molar-refractivity contribution >= 4 is 40.5 Å². The summed E-state index contributed by atoms with van der Waals surface area (Å²) in [5.41, 5.74) is 2.63. The minimum atomic E-state index is -0.789. The summed E-state index contributed by atoms with van der Waals surface area (Å²) in [5, 5.41) is 14.2. The van der Waals surface area contributed by atoms with Crippen LogP contribution in [0.25, 0.3) is 0 Å². The van der Waals surface area contributed by atoms with Gasteiger partial charge in [0.25, 0.3) is 11.6 Å². The fraction of sp³-hybridized carbons (Fsp3) is 0.333. The molecule has 158 valence electrons. The van der Waals surface area contributed by atoms with E-state index < -0.39 is 23.4 Å². The van der Waals surface area contributed by atoms with E-state index in [1.165, 1.54) is 12.1 Å². The van der Waals surface area contributed by atoms with Gasteiger partial charge in [0.05, 0.1) is 26.9 Å². The molecule has 1 aliphatic rings. The van der Waals surface area contributed by atoms with Gasteiger partial charge in [-0.25, -0.2) is 4.79 Å². The van der Waals surface area contributed by atoms with Crippen molar-refractivity contribution in [3.8, 4) is 0 Å². The van der Waals surface area contributed by atoms with Crippen molar-refractivity contribution in [3.63, 3.8) is 0 Å². The van der Waals surface area contributed by atoms with Gasteiger partial charge in [0, 0.05) is 25.2 Å². The van der Waals surface area contributed by atoms with Gasteiger partial charge in [-0.05, 0) is 49.9 Å². The van der Waals surface area contributed by atoms with E-state index in [-0.39, 0.29) is 11.3 Å². The lowest BCUT2D eigenvalue weighted by Gasteiger charge is -2.20. The fourth-order valence-electron chi connectivity index (χ4n) is 3.49. The number of aryl methyl sites for hydroxylation is 2. The van der Waals surface area contributed by atoms with Crippen molar-refractivity contribution in [2.75, 3.05) is 29.9 Å². The standard InChI is InChI=1S/C21H22ClN3O5/c1-13-9-14(2)20(17(22)10-13)23-19(26)12-30-21(27)16-11-15(25(28)29)5-6-18(16)24-7-3-4-8-24/h5-6,9-11H,3-4,7-8,12H2,1-2H3,(H,23,26). The number of nitro groups is 1. The van der Waals surface area contributed by atoms with Crippen molar-refractivity contribution in [2.24, 2.45) is 0 Å². The molecule has 0 aromatic heterocycles. The van der Waals surface area contributed by atoms with Gasteiger partial charge in [0.2, 0.25) is 0 Å². The largest absolute Gasteiger partial charge is 0.452 e. The topological polar surface area (TPSA) is 102 Å². The van der Waals surface area contributed by atoms with Crippen LogP contribution in [0.1, 0.15) is 34.3 Å². The van der Waals surface area contributed by atoms with Crippen LogP contribution in [0.15, 0.2) is 30.3 Å². The van der Waals surface area contributed by atoms with E-state index in [0.29, 0.717) is 16.4 Å². The van der Waals surface area contributed by atoms with Crippen LogP contribution >= 0.6 is 11.6 Å². The molecule has 0 aliphatic carbocycles. The van der Waals surface area contributed by atoms with E-state index in [2.05, 4.69) is 5.32 Å². The molecule has 3 rings (SSSR count). The molecule has 0 saturated carbocycles.